The van der Waals surface area contributed by atoms with Crippen LogP contribution in [0.2, 0.25) is 0 Å². The minimum atomic E-state index is -0.478. The van der Waals surface area contributed by atoms with Gasteiger partial charge in [-0.1, -0.05) is 123 Å². The Morgan fingerprint density at radius 3 is 1.26 bits per heavy atom. The summed E-state index contributed by atoms with van der Waals surface area (Å²) in [5.41, 5.74) is 3.83. The second-order valence-electron chi connectivity index (χ2n) is 11.8. The second kappa shape index (κ2) is 16.5. The maximum absolute atomic E-state index is 13.3. The van der Waals surface area contributed by atoms with E-state index in [0.29, 0.717) is 47.9 Å². The van der Waals surface area contributed by atoms with Gasteiger partial charge in [-0.3, -0.25) is 19.2 Å². The highest BCUT2D eigenvalue weighted by Gasteiger charge is 2.25. The Hall–Kier alpha value is -4.84. The zero-order valence-corrected chi connectivity index (χ0v) is 26.1. The van der Waals surface area contributed by atoms with Gasteiger partial charge in [-0.25, -0.2) is 0 Å². The first-order valence-corrected chi connectivity index (χ1v) is 16.2. The lowest BCUT2D eigenvalue weighted by Gasteiger charge is -2.19. The number of ether oxygens (including phenoxy) is 2. The molecule has 6 nitrogen and oxygen atoms in total. The highest BCUT2D eigenvalue weighted by atomic mass is 16.5. The number of carbonyl (C=O) groups excluding carboxylic acids is 4. The summed E-state index contributed by atoms with van der Waals surface area (Å²) < 4.78 is 11.5. The molecule has 1 fully saturated rings. The van der Waals surface area contributed by atoms with Crippen LogP contribution in [0.1, 0.15) is 106 Å². The van der Waals surface area contributed by atoms with Crippen LogP contribution in [0.3, 0.4) is 0 Å². The predicted molar refractivity (Wildman–Crippen MR) is 177 cm³/mol. The van der Waals surface area contributed by atoms with Gasteiger partial charge >= 0.3 is 11.9 Å². The summed E-state index contributed by atoms with van der Waals surface area (Å²) in [6.07, 6.45) is 5.49. The van der Waals surface area contributed by atoms with Crippen molar-refractivity contribution >= 4 is 23.5 Å². The molecule has 2 unspecified atom stereocenters. The van der Waals surface area contributed by atoms with Gasteiger partial charge in [-0.15, -0.1) is 0 Å². The molecule has 2 atom stereocenters. The Morgan fingerprint density at radius 2 is 0.848 bits per heavy atom. The molecular weight excluding hydrogens is 576 g/mol. The molecule has 0 amide bonds. The molecule has 5 rings (SSSR count). The highest BCUT2D eigenvalue weighted by Crippen LogP contribution is 2.29. The molecule has 1 aliphatic heterocycles. The molecule has 4 aromatic rings. The average Bonchev–Trinajstić information content (AvgIpc) is 3.10. The minimum Gasteiger partial charge on any atom is -0.465 e. The van der Waals surface area contributed by atoms with Crippen molar-refractivity contribution in [2.45, 2.75) is 63.2 Å². The lowest BCUT2D eigenvalue weighted by molar-refractivity contribution is -0.146. The van der Waals surface area contributed by atoms with E-state index in [1.165, 1.54) is 0 Å². The fraction of sp³-hybridized carbons (Fsp3) is 0.300. The number of esters is 2. The Morgan fingerprint density at radius 1 is 0.457 bits per heavy atom. The molecule has 4 aromatic carbocycles. The van der Waals surface area contributed by atoms with Crippen molar-refractivity contribution in [3.63, 3.8) is 0 Å². The van der Waals surface area contributed by atoms with E-state index in [-0.39, 0.29) is 36.7 Å². The standard InChI is InChI=1S/C40H40O6/c41-37(29-15-5-1-6-16-29)33-21-13-19-31(27-33)35-23-9-3-11-26-46-40(44)36(24-10-4-12-25-45-39(35)43)32-20-14-22-34(28-32)38(42)30-17-7-2-8-18-30/h1-2,5-8,13-22,27-28,35-36H,3-4,9-12,23-26H2. The third-order valence-electron chi connectivity index (χ3n) is 8.51. The first-order valence-electron chi connectivity index (χ1n) is 16.2. The number of rotatable bonds is 6. The zero-order valence-electron chi connectivity index (χ0n) is 26.1. The molecule has 1 saturated heterocycles. The van der Waals surface area contributed by atoms with Crippen molar-refractivity contribution in [1.82, 2.24) is 0 Å². The monoisotopic (exact) mass is 616 g/mol. The van der Waals surface area contributed by atoms with Crippen LogP contribution in [0, 0.1) is 0 Å². The van der Waals surface area contributed by atoms with Crippen molar-refractivity contribution in [1.29, 1.82) is 0 Å². The van der Waals surface area contributed by atoms with Crippen molar-refractivity contribution in [3.05, 3.63) is 143 Å². The van der Waals surface area contributed by atoms with Crippen LogP contribution in [0.25, 0.3) is 0 Å². The van der Waals surface area contributed by atoms with Gasteiger partial charge in [0.1, 0.15) is 0 Å². The maximum Gasteiger partial charge on any atom is 0.313 e. The SMILES string of the molecule is O=C(c1ccccc1)c1cccc(C2CCCCCOC(=O)C(c3cccc(C(=O)c4ccccc4)c3)CCCCCOC2=O)c1. The molecule has 1 heterocycles. The lowest BCUT2D eigenvalue weighted by Crippen LogP contribution is -2.19. The molecule has 236 valence electrons. The van der Waals surface area contributed by atoms with Crippen LogP contribution in [0.5, 0.6) is 0 Å². The Labute approximate surface area is 270 Å². The van der Waals surface area contributed by atoms with E-state index in [2.05, 4.69) is 0 Å². The number of hydrogen-bond acceptors (Lipinski definition) is 6. The van der Waals surface area contributed by atoms with E-state index < -0.39 is 11.8 Å². The third-order valence-corrected chi connectivity index (χ3v) is 8.51. The normalized spacial score (nSPS) is 18.6. The molecule has 0 saturated carbocycles. The summed E-state index contributed by atoms with van der Waals surface area (Å²) in [7, 11) is 0. The number of cyclic esters (lactones) is 2. The van der Waals surface area contributed by atoms with Crippen molar-refractivity contribution in [3.8, 4) is 0 Å². The van der Waals surface area contributed by atoms with Crippen molar-refractivity contribution in [2.75, 3.05) is 13.2 Å². The number of hydrogen-bond donors (Lipinski definition) is 0. The van der Waals surface area contributed by atoms with Gasteiger partial charge in [0.05, 0.1) is 25.0 Å². The van der Waals surface area contributed by atoms with Crippen LogP contribution in [-0.2, 0) is 19.1 Å². The van der Waals surface area contributed by atoms with E-state index in [9.17, 15) is 19.2 Å². The van der Waals surface area contributed by atoms with Gasteiger partial charge in [0, 0.05) is 22.3 Å². The topological polar surface area (TPSA) is 86.7 Å². The zero-order chi connectivity index (χ0) is 32.1. The van der Waals surface area contributed by atoms with Gasteiger partial charge < -0.3 is 9.47 Å². The lowest BCUT2D eigenvalue weighted by atomic mass is 9.90. The molecule has 0 aromatic heterocycles. The second-order valence-corrected chi connectivity index (χ2v) is 11.8. The fourth-order valence-electron chi connectivity index (χ4n) is 5.95. The quantitative estimate of drug-likeness (QED) is 0.160. The first-order chi connectivity index (χ1) is 22.5. The maximum atomic E-state index is 13.3. The third kappa shape index (κ3) is 8.66. The average molecular weight is 617 g/mol. The minimum absolute atomic E-state index is 0.0846. The number of benzene rings is 4. The van der Waals surface area contributed by atoms with Crippen LogP contribution in [-0.4, -0.2) is 36.7 Å². The summed E-state index contributed by atoms with van der Waals surface area (Å²) in [5, 5.41) is 0. The Kier molecular flexibility index (Phi) is 11.7. The number of ketones is 2. The molecule has 6 heteroatoms. The van der Waals surface area contributed by atoms with E-state index in [4.69, 9.17) is 9.47 Å². The van der Waals surface area contributed by atoms with Gasteiger partial charge in [-0.2, -0.15) is 0 Å². The predicted octanol–water partition coefficient (Wildman–Crippen LogP) is 8.24. The van der Waals surface area contributed by atoms with Crippen LogP contribution in [0.4, 0.5) is 0 Å². The van der Waals surface area contributed by atoms with Gasteiger partial charge in [0.2, 0.25) is 0 Å². The smallest absolute Gasteiger partial charge is 0.313 e. The number of carbonyl (C=O) groups is 4. The summed E-state index contributed by atoms with van der Waals surface area (Å²) in [6.45, 7) is 0.572. The molecule has 46 heavy (non-hydrogen) atoms. The largest absolute Gasteiger partial charge is 0.465 e. The molecular formula is C40H40O6. The molecule has 0 N–H and O–H groups in total. The van der Waals surface area contributed by atoms with Gasteiger partial charge in [-0.05, 0) is 48.9 Å². The summed E-state index contributed by atoms with van der Waals surface area (Å²) in [5.74, 6) is -1.68. The molecule has 0 radical (unpaired) electrons. The van der Waals surface area contributed by atoms with E-state index in [1.54, 1.807) is 36.4 Å². The van der Waals surface area contributed by atoms with Crippen molar-refractivity contribution in [2.24, 2.45) is 0 Å². The molecule has 0 bridgehead atoms. The van der Waals surface area contributed by atoms with Crippen LogP contribution < -0.4 is 0 Å². The molecule has 1 aliphatic rings. The summed E-state index contributed by atoms with van der Waals surface area (Å²) in [4.78, 5) is 52.8. The summed E-state index contributed by atoms with van der Waals surface area (Å²) >= 11 is 0. The van der Waals surface area contributed by atoms with Crippen LogP contribution >= 0.6 is 0 Å². The van der Waals surface area contributed by atoms with Crippen molar-refractivity contribution < 1.29 is 28.7 Å². The molecule has 0 aliphatic carbocycles. The molecule has 0 spiro atoms. The van der Waals surface area contributed by atoms with Gasteiger partial charge in [0.15, 0.2) is 11.6 Å². The Bertz CT molecular complexity index is 1510. The summed E-state index contributed by atoms with van der Waals surface area (Å²) in [6, 6.07) is 32.8. The van der Waals surface area contributed by atoms with Gasteiger partial charge in [0.25, 0.3) is 0 Å². The highest BCUT2D eigenvalue weighted by molar-refractivity contribution is 6.09. The van der Waals surface area contributed by atoms with E-state index >= 15 is 0 Å². The Balaban J connectivity index is 1.24. The van der Waals surface area contributed by atoms with E-state index in [0.717, 1.165) is 36.8 Å². The fourth-order valence-corrected chi connectivity index (χ4v) is 5.95. The van der Waals surface area contributed by atoms with Crippen LogP contribution in [0.15, 0.2) is 109 Å². The first kappa shape index (κ1) is 32.6. The van der Waals surface area contributed by atoms with E-state index in [1.807, 2.05) is 72.8 Å².